The van der Waals surface area contributed by atoms with Crippen LogP contribution in [0.5, 0.6) is 0 Å². The van der Waals surface area contributed by atoms with Gasteiger partial charge in [-0.15, -0.1) is 0 Å². The van der Waals surface area contributed by atoms with E-state index in [-0.39, 0.29) is 12.3 Å². The minimum absolute atomic E-state index is 0. The molecule has 0 aliphatic rings. The second-order valence-electron chi connectivity index (χ2n) is 5.13. The Hall–Kier alpha value is 1.02. The highest BCUT2D eigenvalue weighted by Crippen LogP contribution is 2.29. The Kier molecular flexibility index (Phi) is 59.6. The van der Waals surface area contributed by atoms with Gasteiger partial charge in [0, 0.05) is 0 Å². The average Bonchev–Trinajstić information content (AvgIpc) is 2.34. The maximum Gasteiger partial charge on any atom is 0.466 e. The van der Waals surface area contributed by atoms with Crippen LogP contribution >= 0.6 is 78.2 Å². The first-order valence-corrected chi connectivity index (χ1v) is 23.5. The predicted molar refractivity (Wildman–Crippen MR) is 153 cm³/mol. The Morgan fingerprint density at radius 2 is 0.135 bits per heavy atom. The molecule has 0 atom stereocenters. The van der Waals surface area contributed by atoms with Crippen molar-refractivity contribution in [2.45, 2.75) is 0 Å². The van der Waals surface area contributed by atoms with Gasteiger partial charge < -0.3 is 159 Å². The van der Waals surface area contributed by atoms with Crippen molar-refractivity contribution in [2.75, 3.05) is 0 Å². The van der Waals surface area contributed by atoms with Gasteiger partial charge in [-0.2, -0.15) is 0 Å². The van der Waals surface area contributed by atoms with E-state index in [1.54, 1.807) is 0 Å². The lowest BCUT2D eigenvalue weighted by molar-refractivity contribution is 0.272. The van der Waals surface area contributed by atoms with Crippen molar-refractivity contribution in [1.29, 1.82) is 0 Å². The largest absolute Gasteiger partial charge is 0.466 e. The van der Waals surface area contributed by atoms with Crippen molar-refractivity contribution in [3.05, 3.63) is 0 Å². The topological polar surface area (TPSA) is 848 Å². The van der Waals surface area contributed by atoms with Gasteiger partial charge in [-0.3, -0.25) is 0 Å². The summed E-state index contributed by atoms with van der Waals surface area (Å²) >= 11 is 0. The zero-order chi connectivity index (χ0) is 45.0. The third kappa shape index (κ3) is 123000. The molecule has 36 N–H and O–H groups in total. The van der Waals surface area contributed by atoms with Crippen LogP contribution in [0, 0.1) is 0 Å². The highest BCUT2D eigenvalue weighted by molar-refractivity contribution is 7.47. The van der Waals surface area contributed by atoms with Crippen LogP contribution in [0.15, 0.2) is 0 Å². The van der Waals surface area contributed by atoms with Gasteiger partial charge in [0.2, 0.25) is 0 Å². The minimum atomic E-state index is -4.64. The quantitative estimate of drug-likeness (QED) is 0.100. The Morgan fingerprint density at radius 3 is 0.135 bits per heavy atom. The number of phosphoric acid groups is 10. The van der Waals surface area contributed by atoms with E-state index < -0.39 is 78.2 Å². The summed E-state index contributed by atoms with van der Waals surface area (Å²) in [5.41, 5.74) is 0. The van der Waals surface area contributed by atoms with E-state index in [1.807, 2.05) is 0 Å². The number of hydrogen-bond donors (Lipinski definition) is 32. The normalized spacial score (nSPS) is 11.3. The summed E-state index contributed by atoms with van der Waals surface area (Å²) in [6.07, 6.45) is 0. The van der Waals surface area contributed by atoms with Crippen LogP contribution in [-0.4, -0.2) is 147 Å². The first-order chi connectivity index (χ1) is 20.0. The molecule has 0 aromatic rings. The Balaban J connectivity index is -0.0000000340. The van der Waals surface area contributed by atoms with Gasteiger partial charge >= 0.3 is 78.2 Å². The molecule has 0 amide bonds. The standard InChI is InChI=1S/2H3N.10H3O4P/c;;10*1-5(2,3)4/h2*1H3;10*(H3,1,2,3,4). The van der Waals surface area contributed by atoms with Crippen LogP contribution in [0.1, 0.15) is 0 Å². The van der Waals surface area contributed by atoms with Crippen LogP contribution in [0.4, 0.5) is 0 Å². The van der Waals surface area contributed by atoms with Gasteiger partial charge in [0.15, 0.2) is 0 Å². The average molecular weight is 1010 g/mol. The molecule has 42 nitrogen and oxygen atoms in total. The molecule has 0 aromatic carbocycles. The maximum absolute atomic E-state index is 8.88. The van der Waals surface area contributed by atoms with E-state index in [0.29, 0.717) is 0 Å². The smallest absolute Gasteiger partial charge is 0.344 e. The van der Waals surface area contributed by atoms with E-state index in [1.165, 1.54) is 0 Å². The summed E-state index contributed by atoms with van der Waals surface area (Å²) < 4.78 is 88.8. The van der Waals surface area contributed by atoms with E-state index >= 15 is 0 Å². The van der Waals surface area contributed by atoms with Gasteiger partial charge in [-0.25, -0.2) is 45.7 Å². The molecule has 52 heteroatoms. The van der Waals surface area contributed by atoms with Gasteiger partial charge in [-0.1, -0.05) is 0 Å². The van der Waals surface area contributed by atoms with E-state index in [0.717, 1.165) is 0 Å². The molecular weight excluding hydrogens is 978 g/mol. The molecular formula is H36N2O40P10. The summed E-state index contributed by atoms with van der Waals surface area (Å²) in [5.74, 6) is 0. The molecule has 0 saturated carbocycles. The third-order valence-corrected chi connectivity index (χ3v) is 0. The van der Waals surface area contributed by atoms with Crippen LogP contribution < -0.4 is 12.3 Å². The zero-order valence-electron chi connectivity index (χ0n) is 23.4. The fourth-order valence-electron chi connectivity index (χ4n) is 0. The minimum Gasteiger partial charge on any atom is -0.344 e. The zero-order valence-corrected chi connectivity index (χ0v) is 32.3. The van der Waals surface area contributed by atoms with E-state index in [4.69, 9.17) is 192 Å². The summed E-state index contributed by atoms with van der Waals surface area (Å²) in [7, 11) is -46.4. The molecule has 0 bridgehead atoms. The first-order valence-electron chi connectivity index (χ1n) is 7.83. The Bertz CT molecular complexity index is 842. The second kappa shape index (κ2) is 36.4. The van der Waals surface area contributed by atoms with Crippen LogP contribution in [0.2, 0.25) is 0 Å². The van der Waals surface area contributed by atoms with Gasteiger partial charge in [0.05, 0.1) is 0 Å². The van der Waals surface area contributed by atoms with E-state index in [2.05, 4.69) is 0 Å². The van der Waals surface area contributed by atoms with Crippen molar-refractivity contribution in [3.8, 4) is 0 Å². The maximum atomic E-state index is 8.88. The number of rotatable bonds is 0. The molecule has 0 radical (unpaired) electrons. The van der Waals surface area contributed by atoms with Crippen LogP contribution in [0.3, 0.4) is 0 Å². The summed E-state index contributed by atoms with van der Waals surface area (Å²) in [6, 6.07) is 0. The molecule has 336 valence electrons. The lowest BCUT2D eigenvalue weighted by Gasteiger charge is -1.82. The predicted octanol–water partition coefficient (Wildman–Crippen LogP) is -8.96. The lowest BCUT2D eigenvalue weighted by atomic mass is 14.0. The monoisotopic (exact) mass is 1010 g/mol. The van der Waals surface area contributed by atoms with Crippen molar-refractivity contribution in [3.63, 3.8) is 0 Å². The molecule has 0 aliphatic carbocycles. The molecule has 52 heavy (non-hydrogen) atoms. The molecule has 0 aliphatic heterocycles. The van der Waals surface area contributed by atoms with Gasteiger partial charge in [-0.05, 0) is 0 Å². The second-order valence-corrected chi connectivity index (χ2v) is 15.4. The highest BCUT2D eigenvalue weighted by Gasteiger charge is 2.03. The molecule has 0 spiro atoms. The SMILES string of the molecule is N.N.O=P(O)(O)O.O=P(O)(O)O.O=P(O)(O)O.O=P(O)(O)O.O=P(O)(O)O.O=P(O)(O)O.O=P(O)(O)O.O=P(O)(O)O.O=P(O)(O)O.O=P(O)(O)O. The fraction of sp³-hybridized carbons (Fsp3) is 0. The fourth-order valence-corrected chi connectivity index (χ4v) is 0. The Labute approximate surface area is 283 Å². The molecule has 0 aromatic heterocycles. The van der Waals surface area contributed by atoms with Crippen molar-refractivity contribution >= 4 is 78.2 Å². The van der Waals surface area contributed by atoms with Gasteiger partial charge in [0.1, 0.15) is 0 Å². The molecule has 0 rings (SSSR count). The summed E-state index contributed by atoms with van der Waals surface area (Å²) in [6.45, 7) is 0. The molecule has 0 fully saturated rings. The van der Waals surface area contributed by atoms with Crippen LogP contribution in [0.25, 0.3) is 0 Å². The Morgan fingerprint density at radius 1 is 0.135 bits per heavy atom. The lowest BCUT2D eigenvalue weighted by Crippen LogP contribution is -1.66. The highest BCUT2D eigenvalue weighted by atomic mass is 31.2. The molecule has 0 unspecified atom stereocenters. The first kappa shape index (κ1) is 85.3. The van der Waals surface area contributed by atoms with Crippen molar-refractivity contribution in [1.82, 2.24) is 12.3 Å². The van der Waals surface area contributed by atoms with Crippen LogP contribution in [-0.2, 0) is 45.7 Å². The third-order valence-electron chi connectivity index (χ3n) is 0. The van der Waals surface area contributed by atoms with Gasteiger partial charge in [0.25, 0.3) is 0 Å². The van der Waals surface area contributed by atoms with Crippen molar-refractivity contribution < 1.29 is 192 Å². The molecule has 0 saturated heterocycles. The summed E-state index contributed by atoms with van der Waals surface area (Å²) in [5, 5.41) is 0. The summed E-state index contributed by atoms with van der Waals surface area (Å²) in [4.78, 5) is 216. The number of hydrogen-bond acceptors (Lipinski definition) is 12. The van der Waals surface area contributed by atoms with E-state index in [9.17, 15) is 0 Å². The molecule has 0 heterocycles. The van der Waals surface area contributed by atoms with Crippen molar-refractivity contribution in [2.24, 2.45) is 0 Å².